The van der Waals surface area contributed by atoms with Gasteiger partial charge in [-0.05, 0) is 23.9 Å². The first-order valence-corrected chi connectivity index (χ1v) is 5.72. The molecule has 0 atom stereocenters. The van der Waals surface area contributed by atoms with Crippen LogP contribution >= 0.6 is 11.3 Å². The van der Waals surface area contributed by atoms with Crippen LogP contribution in [0.1, 0.15) is 25.6 Å². The minimum absolute atomic E-state index is 0.945. The Morgan fingerprint density at radius 1 is 1.50 bits per heavy atom. The topological polar surface area (TPSA) is 30.7 Å². The summed E-state index contributed by atoms with van der Waals surface area (Å²) < 4.78 is 1.84. The predicted octanol–water partition coefficient (Wildman–Crippen LogP) is 2.67. The number of unbranched alkanes of at least 4 members (excludes halogenated alkanes) is 1. The average molecular weight is 207 g/mol. The molecule has 4 heteroatoms. The SMILES string of the molecule is CCCCc1ncn(-c2cccs2)n1. The van der Waals surface area contributed by atoms with Gasteiger partial charge in [0.1, 0.15) is 11.3 Å². The molecule has 0 fully saturated rings. The van der Waals surface area contributed by atoms with Gasteiger partial charge in [-0.25, -0.2) is 9.67 Å². The fraction of sp³-hybridized carbons (Fsp3) is 0.400. The zero-order valence-electron chi connectivity index (χ0n) is 8.18. The molecule has 0 aliphatic carbocycles. The standard InChI is InChI=1S/C10H13N3S/c1-2-3-5-9-11-8-13(12-9)10-6-4-7-14-10/h4,6-8H,2-3,5H2,1H3. The van der Waals surface area contributed by atoms with Crippen LogP contribution in [0.25, 0.3) is 5.00 Å². The van der Waals surface area contributed by atoms with Crippen molar-refractivity contribution >= 4 is 11.3 Å². The fourth-order valence-electron chi connectivity index (χ4n) is 1.25. The normalized spacial score (nSPS) is 10.6. The summed E-state index contributed by atoms with van der Waals surface area (Å²) in [5, 5.41) is 7.58. The average Bonchev–Trinajstić information content (AvgIpc) is 2.85. The van der Waals surface area contributed by atoms with E-state index in [0.717, 1.165) is 23.7 Å². The van der Waals surface area contributed by atoms with Crippen molar-refractivity contribution in [3.05, 3.63) is 29.7 Å². The summed E-state index contributed by atoms with van der Waals surface area (Å²) in [5.74, 6) is 0.945. The van der Waals surface area contributed by atoms with Crippen LogP contribution in [0.2, 0.25) is 0 Å². The van der Waals surface area contributed by atoms with Gasteiger partial charge in [0.2, 0.25) is 0 Å². The van der Waals surface area contributed by atoms with Crippen molar-refractivity contribution in [2.24, 2.45) is 0 Å². The zero-order valence-corrected chi connectivity index (χ0v) is 9.00. The molecule has 2 aromatic rings. The smallest absolute Gasteiger partial charge is 0.151 e. The van der Waals surface area contributed by atoms with Crippen molar-refractivity contribution in [3.63, 3.8) is 0 Å². The number of nitrogens with zero attached hydrogens (tertiary/aromatic N) is 3. The van der Waals surface area contributed by atoms with Gasteiger partial charge in [0.25, 0.3) is 0 Å². The molecule has 2 rings (SSSR count). The molecule has 0 bridgehead atoms. The van der Waals surface area contributed by atoms with Gasteiger partial charge in [-0.15, -0.1) is 11.3 Å². The minimum Gasteiger partial charge on any atom is -0.220 e. The third-order valence-electron chi connectivity index (χ3n) is 2.03. The molecule has 0 saturated carbocycles. The van der Waals surface area contributed by atoms with E-state index in [9.17, 15) is 0 Å². The monoisotopic (exact) mass is 207 g/mol. The Morgan fingerprint density at radius 3 is 3.14 bits per heavy atom. The number of hydrogen-bond acceptors (Lipinski definition) is 3. The highest BCUT2D eigenvalue weighted by Gasteiger charge is 2.02. The Bertz CT molecular complexity index is 378. The Morgan fingerprint density at radius 2 is 2.43 bits per heavy atom. The first kappa shape index (κ1) is 9.40. The van der Waals surface area contributed by atoms with E-state index in [1.165, 1.54) is 6.42 Å². The van der Waals surface area contributed by atoms with E-state index in [1.807, 2.05) is 22.2 Å². The van der Waals surface area contributed by atoms with E-state index >= 15 is 0 Å². The van der Waals surface area contributed by atoms with Gasteiger partial charge in [0.05, 0.1) is 0 Å². The van der Waals surface area contributed by atoms with Gasteiger partial charge in [-0.2, -0.15) is 5.10 Å². The summed E-state index contributed by atoms with van der Waals surface area (Å²) in [4.78, 5) is 4.27. The van der Waals surface area contributed by atoms with Crippen molar-refractivity contribution in [3.8, 4) is 5.00 Å². The number of thiophene rings is 1. The Labute approximate surface area is 87.4 Å². The molecule has 0 aromatic carbocycles. The molecule has 2 aromatic heterocycles. The Hall–Kier alpha value is -1.16. The maximum absolute atomic E-state index is 4.41. The lowest BCUT2D eigenvalue weighted by atomic mass is 10.2. The van der Waals surface area contributed by atoms with Crippen LogP contribution in [0.5, 0.6) is 0 Å². The molecule has 0 unspecified atom stereocenters. The van der Waals surface area contributed by atoms with Crippen molar-refractivity contribution < 1.29 is 0 Å². The number of hydrogen-bond donors (Lipinski definition) is 0. The third-order valence-corrected chi connectivity index (χ3v) is 2.88. The summed E-state index contributed by atoms with van der Waals surface area (Å²) in [5.41, 5.74) is 0. The van der Waals surface area contributed by atoms with E-state index in [4.69, 9.17) is 0 Å². The molecule has 0 aliphatic rings. The zero-order chi connectivity index (χ0) is 9.80. The largest absolute Gasteiger partial charge is 0.220 e. The molecular weight excluding hydrogens is 194 g/mol. The van der Waals surface area contributed by atoms with Gasteiger partial charge in [-0.1, -0.05) is 13.3 Å². The number of rotatable bonds is 4. The van der Waals surface area contributed by atoms with Crippen LogP contribution in [0.3, 0.4) is 0 Å². The van der Waals surface area contributed by atoms with E-state index in [0.29, 0.717) is 0 Å². The van der Waals surface area contributed by atoms with E-state index in [1.54, 1.807) is 17.7 Å². The highest BCUT2D eigenvalue weighted by molar-refractivity contribution is 7.12. The lowest BCUT2D eigenvalue weighted by molar-refractivity contribution is 0.743. The second kappa shape index (κ2) is 4.37. The molecule has 2 heterocycles. The molecule has 0 saturated heterocycles. The Balaban J connectivity index is 2.10. The first-order chi connectivity index (χ1) is 6.90. The number of aryl methyl sites for hydroxylation is 1. The predicted molar refractivity (Wildman–Crippen MR) is 57.8 cm³/mol. The summed E-state index contributed by atoms with van der Waals surface area (Å²) in [7, 11) is 0. The maximum Gasteiger partial charge on any atom is 0.151 e. The van der Waals surface area contributed by atoms with Crippen molar-refractivity contribution in [1.82, 2.24) is 14.8 Å². The molecular formula is C10H13N3S. The van der Waals surface area contributed by atoms with Crippen LogP contribution in [-0.2, 0) is 6.42 Å². The minimum atomic E-state index is 0.945. The molecule has 0 radical (unpaired) electrons. The highest BCUT2D eigenvalue weighted by atomic mass is 32.1. The van der Waals surface area contributed by atoms with Crippen LogP contribution < -0.4 is 0 Å². The summed E-state index contributed by atoms with van der Waals surface area (Å²) >= 11 is 1.67. The molecule has 0 aliphatic heterocycles. The van der Waals surface area contributed by atoms with Gasteiger partial charge >= 0.3 is 0 Å². The summed E-state index contributed by atoms with van der Waals surface area (Å²) in [6.45, 7) is 2.18. The van der Waals surface area contributed by atoms with Crippen LogP contribution in [0, 0.1) is 0 Å². The van der Waals surface area contributed by atoms with Crippen molar-refractivity contribution in [2.45, 2.75) is 26.2 Å². The van der Waals surface area contributed by atoms with Gasteiger partial charge in [0, 0.05) is 6.42 Å². The fourth-order valence-corrected chi connectivity index (χ4v) is 1.90. The second-order valence-corrected chi connectivity index (χ2v) is 4.09. The van der Waals surface area contributed by atoms with Crippen LogP contribution in [0.4, 0.5) is 0 Å². The molecule has 0 spiro atoms. The van der Waals surface area contributed by atoms with Gasteiger partial charge < -0.3 is 0 Å². The quantitative estimate of drug-likeness (QED) is 0.771. The number of aromatic nitrogens is 3. The third kappa shape index (κ3) is 2.01. The van der Waals surface area contributed by atoms with E-state index in [-0.39, 0.29) is 0 Å². The van der Waals surface area contributed by atoms with E-state index < -0.39 is 0 Å². The van der Waals surface area contributed by atoms with Crippen molar-refractivity contribution in [1.29, 1.82) is 0 Å². The summed E-state index contributed by atoms with van der Waals surface area (Å²) in [6.07, 6.45) is 5.12. The first-order valence-electron chi connectivity index (χ1n) is 4.84. The Kier molecular flexibility index (Phi) is 2.93. The van der Waals surface area contributed by atoms with Gasteiger partial charge in [-0.3, -0.25) is 0 Å². The highest BCUT2D eigenvalue weighted by Crippen LogP contribution is 2.13. The van der Waals surface area contributed by atoms with E-state index in [2.05, 4.69) is 17.0 Å². The van der Waals surface area contributed by atoms with Crippen LogP contribution in [0.15, 0.2) is 23.8 Å². The molecule has 0 amide bonds. The molecule has 3 nitrogen and oxygen atoms in total. The van der Waals surface area contributed by atoms with Crippen LogP contribution in [-0.4, -0.2) is 14.8 Å². The lowest BCUT2D eigenvalue weighted by Crippen LogP contribution is -1.93. The maximum atomic E-state index is 4.41. The lowest BCUT2D eigenvalue weighted by Gasteiger charge is -1.93. The molecule has 14 heavy (non-hydrogen) atoms. The molecule has 74 valence electrons. The summed E-state index contributed by atoms with van der Waals surface area (Å²) in [6, 6.07) is 4.07. The molecule has 0 N–H and O–H groups in total. The van der Waals surface area contributed by atoms with Gasteiger partial charge in [0.15, 0.2) is 5.82 Å². The second-order valence-electron chi connectivity index (χ2n) is 3.16. The van der Waals surface area contributed by atoms with Crippen molar-refractivity contribution in [2.75, 3.05) is 0 Å².